The van der Waals surface area contributed by atoms with Crippen molar-refractivity contribution in [2.45, 2.75) is 96.4 Å². The molecule has 174 valence electrons. The van der Waals surface area contributed by atoms with Crippen molar-refractivity contribution in [3.63, 3.8) is 0 Å². The summed E-state index contributed by atoms with van der Waals surface area (Å²) >= 11 is 0. The number of aryl methyl sites for hydroxylation is 1. The SMILES string of the molecule is COC(CCc1ccccc1)CCC1CCC(O)C1CC=CCCCC(=O)OC(C)C. The van der Waals surface area contributed by atoms with Crippen molar-refractivity contribution in [1.29, 1.82) is 0 Å². The molecule has 0 aromatic heterocycles. The van der Waals surface area contributed by atoms with Gasteiger partial charge in [0.2, 0.25) is 0 Å². The highest BCUT2D eigenvalue weighted by atomic mass is 16.5. The van der Waals surface area contributed by atoms with E-state index in [1.807, 2.05) is 21.0 Å². The minimum atomic E-state index is -0.194. The molecule has 4 nitrogen and oxygen atoms in total. The maximum Gasteiger partial charge on any atom is 0.306 e. The molecular weight excluding hydrogens is 388 g/mol. The van der Waals surface area contributed by atoms with E-state index in [1.165, 1.54) is 5.56 Å². The van der Waals surface area contributed by atoms with Crippen LogP contribution in [0.2, 0.25) is 0 Å². The van der Waals surface area contributed by atoms with E-state index in [-0.39, 0.29) is 24.3 Å². The Hall–Kier alpha value is -1.65. The van der Waals surface area contributed by atoms with Gasteiger partial charge in [-0.2, -0.15) is 0 Å². The first-order chi connectivity index (χ1) is 15.0. The van der Waals surface area contributed by atoms with Gasteiger partial charge in [-0.1, -0.05) is 42.5 Å². The van der Waals surface area contributed by atoms with Crippen LogP contribution in [0.3, 0.4) is 0 Å². The zero-order valence-electron chi connectivity index (χ0n) is 19.7. The number of rotatable bonds is 14. The molecule has 1 aromatic rings. The maximum absolute atomic E-state index is 11.6. The largest absolute Gasteiger partial charge is 0.463 e. The summed E-state index contributed by atoms with van der Waals surface area (Å²) in [7, 11) is 1.82. The molecule has 1 fully saturated rings. The first-order valence-corrected chi connectivity index (χ1v) is 12.1. The number of hydrogen-bond donors (Lipinski definition) is 1. The van der Waals surface area contributed by atoms with Crippen LogP contribution < -0.4 is 0 Å². The highest BCUT2D eigenvalue weighted by Crippen LogP contribution is 2.38. The summed E-state index contributed by atoms with van der Waals surface area (Å²) in [6.07, 6.45) is 13.8. The Kier molecular flexibility index (Phi) is 11.9. The van der Waals surface area contributed by atoms with E-state index in [4.69, 9.17) is 9.47 Å². The molecule has 1 N–H and O–H groups in total. The fourth-order valence-electron chi connectivity index (χ4n) is 4.64. The predicted octanol–water partition coefficient (Wildman–Crippen LogP) is 5.87. The summed E-state index contributed by atoms with van der Waals surface area (Å²) in [6.45, 7) is 3.75. The average Bonchev–Trinajstić information content (AvgIpc) is 3.10. The molecule has 0 aliphatic heterocycles. The monoisotopic (exact) mass is 430 g/mol. The van der Waals surface area contributed by atoms with Crippen molar-refractivity contribution >= 4 is 5.97 Å². The number of methoxy groups -OCH3 is 1. The van der Waals surface area contributed by atoms with Gasteiger partial charge < -0.3 is 14.6 Å². The van der Waals surface area contributed by atoms with Crippen LogP contribution in [-0.4, -0.2) is 36.5 Å². The first kappa shape index (κ1) is 25.6. The number of esters is 1. The highest BCUT2D eigenvalue weighted by Gasteiger charge is 2.33. The summed E-state index contributed by atoms with van der Waals surface area (Å²) in [5.74, 6) is 0.790. The Morgan fingerprint density at radius 1 is 1.16 bits per heavy atom. The van der Waals surface area contributed by atoms with Crippen molar-refractivity contribution in [3.05, 3.63) is 48.0 Å². The van der Waals surface area contributed by atoms with Crippen LogP contribution in [0.25, 0.3) is 0 Å². The van der Waals surface area contributed by atoms with Gasteiger partial charge in [-0.05, 0) is 89.0 Å². The second-order valence-corrected chi connectivity index (χ2v) is 9.17. The number of benzene rings is 1. The van der Waals surface area contributed by atoms with Crippen LogP contribution in [0.4, 0.5) is 0 Å². The Morgan fingerprint density at radius 2 is 1.94 bits per heavy atom. The van der Waals surface area contributed by atoms with E-state index < -0.39 is 0 Å². The zero-order valence-corrected chi connectivity index (χ0v) is 19.7. The van der Waals surface area contributed by atoms with Crippen molar-refractivity contribution in [2.24, 2.45) is 11.8 Å². The maximum atomic E-state index is 11.6. The fourth-order valence-corrected chi connectivity index (χ4v) is 4.64. The van der Waals surface area contributed by atoms with Crippen LogP contribution in [0.5, 0.6) is 0 Å². The van der Waals surface area contributed by atoms with Gasteiger partial charge in [0.05, 0.1) is 18.3 Å². The molecule has 2 rings (SSSR count). The van der Waals surface area contributed by atoms with E-state index in [2.05, 4.69) is 42.5 Å². The van der Waals surface area contributed by atoms with Gasteiger partial charge >= 0.3 is 5.97 Å². The van der Waals surface area contributed by atoms with E-state index >= 15 is 0 Å². The Morgan fingerprint density at radius 3 is 2.65 bits per heavy atom. The van der Waals surface area contributed by atoms with Gasteiger partial charge in [-0.15, -0.1) is 0 Å². The molecule has 1 aromatic carbocycles. The molecule has 0 spiro atoms. The molecule has 0 heterocycles. The normalized spacial score (nSPS) is 22.3. The topological polar surface area (TPSA) is 55.8 Å². The Labute approximate surface area is 189 Å². The van der Waals surface area contributed by atoms with Crippen LogP contribution in [0.1, 0.15) is 77.2 Å². The van der Waals surface area contributed by atoms with Crippen molar-refractivity contribution < 1.29 is 19.4 Å². The van der Waals surface area contributed by atoms with Gasteiger partial charge in [0, 0.05) is 13.5 Å². The summed E-state index contributed by atoms with van der Waals surface area (Å²) in [6, 6.07) is 10.6. The second-order valence-electron chi connectivity index (χ2n) is 9.17. The number of unbranched alkanes of at least 4 members (excludes halogenated alkanes) is 1. The van der Waals surface area contributed by atoms with Crippen molar-refractivity contribution in [3.8, 4) is 0 Å². The third-order valence-electron chi connectivity index (χ3n) is 6.42. The lowest BCUT2D eigenvalue weighted by Crippen LogP contribution is -2.20. The van der Waals surface area contributed by atoms with Crippen molar-refractivity contribution in [1.82, 2.24) is 0 Å². The number of aliphatic hydroxyl groups excluding tert-OH is 1. The third kappa shape index (κ3) is 10.0. The average molecular weight is 431 g/mol. The quantitative estimate of drug-likeness (QED) is 0.228. The summed E-state index contributed by atoms with van der Waals surface area (Å²) in [5.41, 5.74) is 1.36. The standard InChI is InChI=1S/C27H42O4/c1-21(2)31-27(29)14-10-5-4-9-13-25-23(17-20-26(25)28)16-19-24(30-3)18-15-22-11-7-6-8-12-22/h4,6-9,11-12,21,23-26,28H,5,10,13-20H2,1-3H3. The minimum absolute atomic E-state index is 0.0418. The molecule has 0 bridgehead atoms. The van der Waals surface area contributed by atoms with Crippen LogP contribution in [-0.2, 0) is 20.7 Å². The predicted molar refractivity (Wildman–Crippen MR) is 126 cm³/mol. The highest BCUT2D eigenvalue weighted by molar-refractivity contribution is 5.69. The van der Waals surface area contributed by atoms with Gasteiger partial charge in [0.25, 0.3) is 0 Å². The summed E-state index contributed by atoms with van der Waals surface area (Å²) in [4.78, 5) is 11.6. The van der Waals surface area contributed by atoms with Crippen LogP contribution in [0.15, 0.2) is 42.5 Å². The van der Waals surface area contributed by atoms with Gasteiger partial charge in [0.15, 0.2) is 0 Å². The van der Waals surface area contributed by atoms with Crippen molar-refractivity contribution in [2.75, 3.05) is 7.11 Å². The molecule has 4 unspecified atom stereocenters. The number of allylic oxidation sites excluding steroid dienone is 2. The lowest BCUT2D eigenvalue weighted by atomic mass is 9.86. The van der Waals surface area contributed by atoms with E-state index in [0.717, 1.165) is 57.8 Å². The van der Waals surface area contributed by atoms with Gasteiger partial charge in [-0.3, -0.25) is 4.79 Å². The number of ether oxygens (including phenoxy) is 2. The first-order valence-electron chi connectivity index (χ1n) is 12.1. The third-order valence-corrected chi connectivity index (χ3v) is 6.42. The van der Waals surface area contributed by atoms with Crippen LogP contribution in [0, 0.1) is 11.8 Å². The molecule has 4 atom stereocenters. The molecule has 1 aliphatic carbocycles. The van der Waals surface area contributed by atoms with E-state index in [9.17, 15) is 9.90 Å². The van der Waals surface area contributed by atoms with E-state index in [1.54, 1.807) is 0 Å². The zero-order chi connectivity index (χ0) is 22.5. The number of carbonyl (C=O) groups is 1. The summed E-state index contributed by atoms with van der Waals surface area (Å²) in [5, 5.41) is 10.5. The molecule has 0 amide bonds. The van der Waals surface area contributed by atoms with Gasteiger partial charge in [-0.25, -0.2) is 0 Å². The van der Waals surface area contributed by atoms with Crippen LogP contribution >= 0.6 is 0 Å². The second kappa shape index (κ2) is 14.4. The molecule has 1 aliphatic rings. The number of hydrogen-bond acceptors (Lipinski definition) is 4. The molecule has 4 heteroatoms. The number of carbonyl (C=O) groups excluding carboxylic acids is 1. The summed E-state index contributed by atoms with van der Waals surface area (Å²) < 4.78 is 10.9. The van der Waals surface area contributed by atoms with E-state index in [0.29, 0.717) is 18.3 Å². The lowest BCUT2D eigenvalue weighted by molar-refractivity contribution is -0.147. The molecule has 31 heavy (non-hydrogen) atoms. The molecular formula is C27H42O4. The van der Waals surface area contributed by atoms with Gasteiger partial charge in [0.1, 0.15) is 0 Å². The fraction of sp³-hybridized carbons (Fsp3) is 0.667. The smallest absolute Gasteiger partial charge is 0.306 e. The Balaban J connectivity index is 1.68. The lowest BCUT2D eigenvalue weighted by Gasteiger charge is -2.23. The minimum Gasteiger partial charge on any atom is -0.463 e. The Bertz CT molecular complexity index is 640. The molecule has 0 saturated heterocycles. The molecule has 1 saturated carbocycles. The molecule has 0 radical (unpaired) electrons. The number of aliphatic hydroxyl groups is 1.